The maximum absolute atomic E-state index is 11.2. The molecule has 0 saturated heterocycles. The minimum atomic E-state index is -0.0661. The lowest BCUT2D eigenvalue weighted by atomic mass is 9.83. The Morgan fingerprint density at radius 1 is 1.25 bits per heavy atom. The lowest BCUT2D eigenvalue weighted by molar-refractivity contribution is -0.114. The summed E-state index contributed by atoms with van der Waals surface area (Å²) >= 11 is 0. The second-order valence-electron chi connectivity index (χ2n) is 7.38. The summed E-state index contributed by atoms with van der Waals surface area (Å²) in [6.07, 6.45) is 6.20. The van der Waals surface area contributed by atoms with E-state index in [-0.39, 0.29) is 29.9 Å². The Morgan fingerprint density at radius 2 is 2.00 bits per heavy atom. The number of halogens is 1. The number of carbonyl (C=O) groups excluding carboxylic acids is 1. The van der Waals surface area contributed by atoms with Crippen molar-refractivity contribution >= 4 is 41.5 Å². The molecule has 0 unspecified atom stereocenters. The average molecular weight is 502 g/mol. The van der Waals surface area contributed by atoms with Crippen LogP contribution in [-0.2, 0) is 16.1 Å². The molecule has 3 N–H and O–H groups in total. The van der Waals surface area contributed by atoms with Crippen LogP contribution in [0.1, 0.15) is 51.5 Å². The molecule has 6 nitrogen and oxygen atoms in total. The summed E-state index contributed by atoms with van der Waals surface area (Å²) < 4.78 is 5.32. The standard InChI is InChI=1S/C21H34N4O2.HI/c1-4-22-20(24-16-21(12-13-27-3)10-5-6-11-21)23-15-18-8-7-9-19(14-18)25-17(2)26;/h7-9,14H,4-6,10-13,15-16H2,1-3H3,(H,25,26)(H2,22,23,24);1H. The summed E-state index contributed by atoms with van der Waals surface area (Å²) in [6.45, 7) is 6.71. The van der Waals surface area contributed by atoms with Crippen LogP contribution < -0.4 is 16.0 Å². The molecule has 1 aliphatic rings. The van der Waals surface area contributed by atoms with Crippen molar-refractivity contribution in [3.8, 4) is 0 Å². The summed E-state index contributed by atoms with van der Waals surface area (Å²) in [5.41, 5.74) is 2.18. The first kappa shape index (κ1) is 24.7. The molecular weight excluding hydrogens is 467 g/mol. The van der Waals surface area contributed by atoms with Crippen LogP contribution in [0.15, 0.2) is 29.3 Å². The Labute approximate surface area is 186 Å². The molecule has 0 bridgehead atoms. The minimum Gasteiger partial charge on any atom is -0.385 e. The molecule has 1 aromatic carbocycles. The second-order valence-corrected chi connectivity index (χ2v) is 7.38. The second kappa shape index (κ2) is 13.0. The van der Waals surface area contributed by atoms with Crippen molar-refractivity contribution in [3.05, 3.63) is 29.8 Å². The summed E-state index contributed by atoms with van der Waals surface area (Å²) in [5, 5.41) is 9.69. The Kier molecular flexibility index (Phi) is 11.4. The van der Waals surface area contributed by atoms with Crippen LogP contribution in [0.2, 0.25) is 0 Å². The number of rotatable bonds is 9. The van der Waals surface area contributed by atoms with Gasteiger partial charge >= 0.3 is 0 Å². The highest BCUT2D eigenvalue weighted by atomic mass is 127. The third-order valence-electron chi connectivity index (χ3n) is 5.14. The predicted molar refractivity (Wildman–Crippen MR) is 126 cm³/mol. The van der Waals surface area contributed by atoms with Crippen LogP contribution >= 0.6 is 24.0 Å². The number of nitrogens with one attached hydrogen (secondary N) is 3. The van der Waals surface area contributed by atoms with Crippen LogP contribution in [0.3, 0.4) is 0 Å². The molecule has 1 aromatic rings. The van der Waals surface area contributed by atoms with Crippen molar-refractivity contribution in [2.75, 3.05) is 32.1 Å². The van der Waals surface area contributed by atoms with Crippen LogP contribution in [-0.4, -0.2) is 38.7 Å². The highest BCUT2D eigenvalue weighted by molar-refractivity contribution is 14.0. The van der Waals surface area contributed by atoms with Crippen molar-refractivity contribution in [1.82, 2.24) is 10.6 Å². The van der Waals surface area contributed by atoms with Gasteiger partial charge in [-0.3, -0.25) is 4.79 Å². The molecule has 1 saturated carbocycles. The number of benzene rings is 1. The zero-order valence-corrected chi connectivity index (χ0v) is 19.7. The van der Waals surface area contributed by atoms with E-state index in [0.717, 1.165) is 43.3 Å². The van der Waals surface area contributed by atoms with Crippen LogP contribution in [0.4, 0.5) is 5.69 Å². The van der Waals surface area contributed by atoms with Crippen LogP contribution in [0.25, 0.3) is 0 Å². The maximum atomic E-state index is 11.2. The van der Waals surface area contributed by atoms with E-state index in [9.17, 15) is 4.79 Å². The van der Waals surface area contributed by atoms with E-state index in [2.05, 4.69) is 22.9 Å². The van der Waals surface area contributed by atoms with Gasteiger partial charge in [-0.15, -0.1) is 24.0 Å². The van der Waals surface area contributed by atoms with Gasteiger partial charge in [-0.05, 0) is 49.3 Å². The van der Waals surface area contributed by atoms with Crippen molar-refractivity contribution < 1.29 is 9.53 Å². The van der Waals surface area contributed by atoms with Gasteiger partial charge in [0.05, 0.1) is 6.54 Å². The molecule has 0 atom stereocenters. The van der Waals surface area contributed by atoms with E-state index in [0.29, 0.717) is 12.0 Å². The van der Waals surface area contributed by atoms with E-state index in [1.807, 2.05) is 24.3 Å². The lowest BCUT2D eigenvalue weighted by Crippen LogP contribution is -2.43. The number of ether oxygens (including phenoxy) is 1. The molecule has 158 valence electrons. The molecule has 2 rings (SSSR count). The smallest absolute Gasteiger partial charge is 0.221 e. The molecule has 1 aliphatic carbocycles. The van der Waals surface area contributed by atoms with Crippen molar-refractivity contribution in [1.29, 1.82) is 0 Å². The number of aliphatic imine (C=N–C) groups is 1. The normalized spacial score (nSPS) is 15.6. The largest absolute Gasteiger partial charge is 0.385 e. The third kappa shape index (κ3) is 8.34. The van der Waals surface area contributed by atoms with Gasteiger partial charge in [-0.25, -0.2) is 4.99 Å². The van der Waals surface area contributed by atoms with Gasteiger partial charge < -0.3 is 20.7 Å². The fourth-order valence-electron chi connectivity index (χ4n) is 3.69. The number of guanidine groups is 1. The van der Waals surface area contributed by atoms with E-state index >= 15 is 0 Å². The van der Waals surface area contributed by atoms with E-state index < -0.39 is 0 Å². The minimum absolute atomic E-state index is 0. The molecule has 0 heterocycles. The molecule has 1 amide bonds. The Hall–Kier alpha value is -1.35. The van der Waals surface area contributed by atoms with Crippen LogP contribution in [0.5, 0.6) is 0 Å². The highest BCUT2D eigenvalue weighted by Gasteiger charge is 2.33. The monoisotopic (exact) mass is 502 g/mol. The Morgan fingerprint density at radius 3 is 2.64 bits per heavy atom. The lowest BCUT2D eigenvalue weighted by Gasteiger charge is -2.30. The van der Waals surface area contributed by atoms with E-state index in [1.54, 1.807) is 7.11 Å². The predicted octanol–water partition coefficient (Wildman–Crippen LogP) is 3.92. The van der Waals surface area contributed by atoms with Crippen LogP contribution in [0, 0.1) is 5.41 Å². The Bertz CT molecular complexity index is 631. The first-order chi connectivity index (χ1) is 13.1. The molecular formula is C21H35IN4O2. The first-order valence-corrected chi connectivity index (χ1v) is 9.94. The molecule has 0 aromatic heterocycles. The van der Waals surface area contributed by atoms with Gasteiger partial charge in [0.2, 0.25) is 5.91 Å². The summed E-state index contributed by atoms with van der Waals surface area (Å²) in [4.78, 5) is 16.0. The number of carbonyl (C=O) groups is 1. The van der Waals surface area contributed by atoms with Gasteiger partial charge in [0, 0.05) is 39.4 Å². The zero-order chi connectivity index (χ0) is 19.5. The highest BCUT2D eigenvalue weighted by Crippen LogP contribution is 2.40. The van der Waals surface area contributed by atoms with Crippen molar-refractivity contribution in [2.45, 2.75) is 52.5 Å². The maximum Gasteiger partial charge on any atom is 0.221 e. The molecule has 7 heteroatoms. The van der Waals surface area contributed by atoms with E-state index in [1.165, 1.54) is 32.6 Å². The van der Waals surface area contributed by atoms with Gasteiger partial charge in [-0.1, -0.05) is 25.0 Å². The van der Waals surface area contributed by atoms with Gasteiger partial charge in [0.15, 0.2) is 5.96 Å². The van der Waals surface area contributed by atoms with E-state index in [4.69, 9.17) is 9.73 Å². The zero-order valence-electron chi connectivity index (χ0n) is 17.3. The quantitative estimate of drug-likeness (QED) is 0.272. The fraction of sp³-hybridized carbons (Fsp3) is 0.619. The first-order valence-electron chi connectivity index (χ1n) is 9.94. The number of hydrogen-bond acceptors (Lipinski definition) is 3. The van der Waals surface area contributed by atoms with Crippen molar-refractivity contribution in [2.24, 2.45) is 10.4 Å². The van der Waals surface area contributed by atoms with Gasteiger partial charge in [0.1, 0.15) is 0 Å². The van der Waals surface area contributed by atoms with Gasteiger partial charge in [0.25, 0.3) is 0 Å². The molecule has 28 heavy (non-hydrogen) atoms. The number of amides is 1. The number of methoxy groups -OCH3 is 1. The number of hydrogen-bond donors (Lipinski definition) is 3. The summed E-state index contributed by atoms with van der Waals surface area (Å²) in [7, 11) is 1.77. The third-order valence-corrected chi connectivity index (χ3v) is 5.14. The van der Waals surface area contributed by atoms with Gasteiger partial charge in [-0.2, -0.15) is 0 Å². The number of anilines is 1. The SMILES string of the molecule is CCNC(=NCc1cccc(NC(C)=O)c1)NCC1(CCOC)CCCC1.I. The topological polar surface area (TPSA) is 74.8 Å². The fourth-order valence-corrected chi connectivity index (χ4v) is 3.69. The summed E-state index contributed by atoms with van der Waals surface area (Å²) in [5.74, 6) is 0.773. The molecule has 0 aliphatic heterocycles. The average Bonchev–Trinajstić information content (AvgIpc) is 3.11. The molecule has 0 radical (unpaired) electrons. The van der Waals surface area contributed by atoms with Crippen molar-refractivity contribution in [3.63, 3.8) is 0 Å². The number of nitrogens with zero attached hydrogens (tertiary/aromatic N) is 1. The molecule has 1 fully saturated rings. The Balaban J connectivity index is 0.00000392. The summed E-state index contributed by atoms with van der Waals surface area (Å²) in [6, 6.07) is 7.81. The molecule has 0 spiro atoms.